The van der Waals surface area contributed by atoms with Crippen LogP contribution in [0.3, 0.4) is 0 Å². The topological polar surface area (TPSA) is 108 Å². The summed E-state index contributed by atoms with van der Waals surface area (Å²) in [7, 11) is -5.53. The van der Waals surface area contributed by atoms with Crippen molar-refractivity contribution >= 4 is 31.0 Å². The number of fused-ring (bicyclic) bond motifs is 2. The molecule has 254 valence electrons. The van der Waals surface area contributed by atoms with Crippen molar-refractivity contribution in [2.45, 2.75) is 113 Å². The Bertz CT molecular complexity index is 1440. The van der Waals surface area contributed by atoms with Crippen molar-refractivity contribution in [1.82, 2.24) is 0 Å². The third-order valence-corrected chi connectivity index (χ3v) is 16.7. The van der Waals surface area contributed by atoms with E-state index in [1.165, 1.54) is 0 Å². The van der Waals surface area contributed by atoms with Crippen LogP contribution in [-0.2, 0) is 13.9 Å². The molecule has 0 amide bonds. The first-order chi connectivity index (χ1) is 19.9. The first-order valence-corrected chi connectivity index (χ1v) is 19.0. The van der Waals surface area contributed by atoms with Crippen molar-refractivity contribution in [3.05, 3.63) is 36.4 Å². The number of phenols is 1. The van der Waals surface area contributed by atoms with Crippen molar-refractivity contribution in [3.63, 3.8) is 0 Å². The highest BCUT2D eigenvalue weighted by molar-refractivity contribution is 7.74. The molecule has 5 rings (SSSR count). The second-order valence-corrected chi connectivity index (χ2v) is 21.5. The molecule has 2 heterocycles. The van der Waals surface area contributed by atoms with Crippen molar-refractivity contribution in [3.8, 4) is 23.0 Å². The Labute approximate surface area is 271 Å². The highest BCUT2D eigenvalue weighted by Crippen LogP contribution is 2.64. The van der Waals surface area contributed by atoms with Gasteiger partial charge in [0.05, 0.1) is 5.30 Å². The van der Waals surface area contributed by atoms with Crippen LogP contribution >= 0.6 is 14.3 Å². The van der Waals surface area contributed by atoms with Gasteiger partial charge in [-0.1, -0.05) is 95.7 Å². The third kappa shape index (κ3) is 7.60. The molecule has 0 unspecified atom stereocenters. The number of phenolic OH excluding ortho intramolecular Hbond substituents is 1. The summed E-state index contributed by atoms with van der Waals surface area (Å²) in [6.45, 7) is 18.1. The Kier molecular flexibility index (Phi) is 12.2. The SMILES string of the molecule is C.C.CC(C)(C)[P@@]1(=O)COc2cccc(O)c21.CC(C)[C@H]1CC[C@H](C)C[C@@H]1OC(=O)Oc1cccc2c1[P@@](=O)(C(C)(C)C)CO2. The van der Waals surface area contributed by atoms with Gasteiger partial charge in [0, 0.05) is 10.3 Å². The van der Waals surface area contributed by atoms with Crippen LogP contribution in [0.4, 0.5) is 4.79 Å². The highest BCUT2D eigenvalue weighted by atomic mass is 31.2. The molecule has 1 N–H and O–H groups in total. The van der Waals surface area contributed by atoms with Crippen LogP contribution in [0, 0.1) is 17.8 Å². The minimum Gasteiger partial charge on any atom is -0.507 e. The van der Waals surface area contributed by atoms with Gasteiger partial charge in [-0.3, -0.25) is 0 Å². The van der Waals surface area contributed by atoms with Gasteiger partial charge in [0.25, 0.3) is 0 Å². The van der Waals surface area contributed by atoms with Gasteiger partial charge in [0.15, 0.2) is 14.3 Å². The number of aromatic hydroxyl groups is 1. The molecular weight excluding hydrogens is 610 g/mol. The monoisotopic (exact) mass is 666 g/mol. The maximum Gasteiger partial charge on any atom is 0.514 e. The van der Waals surface area contributed by atoms with Crippen molar-refractivity contribution in [1.29, 1.82) is 0 Å². The smallest absolute Gasteiger partial charge is 0.507 e. The van der Waals surface area contributed by atoms with E-state index in [0.29, 0.717) is 45.6 Å². The number of carbonyl (C=O) groups is 1. The lowest BCUT2D eigenvalue weighted by molar-refractivity contribution is -0.0135. The molecule has 0 saturated heterocycles. The van der Waals surface area contributed by atoms with Crippen LogP contribution in [0.25, 0.3) is 0 Å². The maximum atomic E-state index is 13.7. The lowest BCUT2D eigenvalue weighted by Gasteiger charge is -2.36. The maximum absolute atomic E-state index is 13.7. The molecule has 0 bridgehead atoms. The van der Waals surface area contributed by atoms with Crippen LogP contribution in [0.15, 0.2) is 36.4 Å². The van der Waals surface area contributed by atoms with E-state index in [4.69, 9.17) is 18.9 Å². The lowest BCUT2D eigenvalue weighted by atomic mass is 9.75. The summed E-state index contributed by atoms with van der Waals surface area (Å²) < 4.78 is 48.9. The second-order valence-electron chi connectivity index (χ2n) is 14.4. The summed E-state index contributed by atoms with van der Waals surface area (Å²) in [6, 6.07) is 10.2. The van der Waals surface area contributed by atoms with Gasteiger partial charge in [-0.25, -0.2) is 4.79 Å². The molecule has 0 spiro atoms. The predicted octanol–water partition coefficient (Wildman–Crippen LogP) is 9.60. The van der Waals surface area contributed by atoms with Gasteiger partial charge in [-0.15, -0.1) is 0 Å². The van der Waals surface area contributed by atoms with Gasteiger partial charge in [0.1, 0.15) is 47.1 Å². The van der Waals surface area contributed by atoms with Crippen LogP contribution in [-0.4, -0.2) is 40.4 Å². The fourth-order valence-electron chi connectivity index (χ4n) is 6.04. The zero-order valence-electron chi connectivity index (χ0n) is 27.0. The summed E-state index contributed by atoms with van der Waals surface area (Å²) in [5, 5.41) is 9.95. The minimum absolute atomic E-state index is 0. The van der Waals surface area contributed by atoms with Crippen molar-refractivity contribution in [2.75, 3.05) is 12.7 Å². The minimum atomic E-state index is -2.87. The number of rotatable bonds is 3. The molecular formula is C35H56O8P2. The molecule has 10 heteroatoms. The molecule has 2 aromatic carbocycles. The Hall–Kier alpha value is -2.43. The molecule has 2 aromatic rings. The zero-order chi connectivity index (χ0) is 32.0. The number of carbonyl (C=O) groups excluding carboxylic acids is 1. The van der Waals surface area contributed by atoms with E-state index >= 15 is 0 Å². The summed E-state index contributed by atoms with van der Waals surface area (Å²) in [6.07, 6.45) is 2.55. The highest BCUT2D eigenvalue weighted by Gasteiger charge is 2.48. The molecule has 0 radical (unpaired) electrons. The Balaban J connectivity index is 0.000000352. The van der Waals surface area contributed by atoms with Gasteiger partial charge in [-0.2, -0.15) is 0 Å². The Morgan fingerprint density at radius 2 is 1.38 bits per heavy atom. The van der Waals surface area contributed by atoms with E-state index in [2.05, 4.69) is 20.8 Å². The van der Waals surface area contributed by atoms with Crippen molar-refractivity contribution < 1.29 is 38.0 Å². The largest absolute Gasteiger partial charge is 0.514 e. The lowest BCUT2D eigenvalue weighted by Crippen LogP contribution is -2.36. The van der Waals surface area contributed by atoms with Crippen LogP contribution < -0.4 is 24.8 Å². The number of ether oxygens (including phenoxy) is 4. The summed E-state index contributed by atoms with van der Waals surface area (Å²) in [5.41, 5.74) is 0. The van der Waals surface area contributed by atoms with Crippen LogP contribution in [0.2, 0.25) is 0 Å². The van der Waals surface area contributed by atoms with E-state index in [9.17, 15) is 19.0 Å². The molecule has 8 nitrogen and oxygen atoms in total. The van der Waals surface area contributed by atoms with E-state index in [1.807, 2.05) is 41.5 Å². The third-order valence-electron chi connectivity index (χ3n) is 9.04. The molecule has 1 saturated carbocycles. The first kappa shape index (κ1) is 38.8. The van der Waals surface area contributed by atoms with Gasteiger partial charge < -0.3 is 33.2 Å². The molecule has 3 aliphatic rings. The fourth-order valence-corrected chi connectivity index (χ4v) is 11.0. The average Bonchev–Trinajstić information content (AvgIpc) is 3.44. The predicted molar refractivity (Wildman–Crippen MR) is 185 cm³/mol. The number of hydrogen-bond donors (Lipinski definition) is 1. The molecule has 1 fully saturated rings. The van der Waals surface area contributed by atoms with E-state index in [1.54, 1.807) is 36.4 Å². The van der Waals surface area contributed by atoms with Gasteiger partial charge >= 0.3 is 6.16 Å². The first-order valence-electron chi connectivity index (χ1n) is 15.2. The fraction of sp³-hybridized carbons (Fsp3) is 0.629. The number of benzene rings is 2. The molecule has 5 atom stereocenters. The summed E-state index contributed by atoms with van der Waals surface area (Å²) >= 11 is 0. The summed E-state index contributed by atoms with van der Waals surface area (Å²) in [5.74, 6) is 2.80. The average molecular weight is 667 g/mol. The van der Waals surface area contributed by atoms with E-state index in [0.717, 1.165) is 19.3 Å². The molecule has 45 heavy (non-hydrogen) atoms. The van der Waals surface area contributed by atoms with Crippen LogP contribution in [0.5, 0.6) is 23.0 Å². The molecule has 2 aliphatic heterocycles. The van der Waals surface area contributed by atoms with Gasteiger partial charge in [0.2, 0.25) is 0 Å². The van der Waals surface area contributed by atoms with Gasteiger partial charge in [-0.05, 0) is 54.9 Å². The van der Waals surface area contributed by atoms with Crippen molar-refractivity contribution in [2.24, 2.45) is 17.8 Å². The van der Waals surface area contributed by atoms with Crippen LogP contribution in [0.1, 0.15) is 96.4 Å². The molecule has 1 aliphatic carbocycles. The van der Waals surface area contributed by atoms with E-state index < -0.39 is 25.6 Å². The normalized spacial score (nSPS) is 26.8. The molecule has 0 aromatic heterocycles. The number of hydrogen-bond acceptors (Lipinski definition) is 8. The standard InChI is InChI=1S/C22H33O5P.C11H15O3P.2CH4/c1-14(2)16-11-10-15(3)12-19(16)27-21(23)26-18-9-7-8-17-20(18)28(24,13-25-17)22(4,5)6;1-11(2,3)15(13)7-14-9-6-4-5-8(12)10(9)15;;/h7-9,14-16,19H,10-13H2,1-6H3;4-6,12H,7H2,1-3H3;2*1H4/t15-,16+,19-,28+;15-;;/m01../s1. The zero-order valence-corrected chi connectivity index (χ0v) is 28.8. The quantitative estimate of drug-likeness (QED) is 0.196. The Morgan fingerprint density at radius 1 is 0.867 bits per heavy atom. The van der Waals surface area contributed by atoms with E-state index in [-0.39, 0.29) is 44.6 Å². The Morgan fingerprint density at radius 3 is 1.91 bits per heavy atom. The second kappa shape index (κ2) is 14.1. The summed E-state index contributed by atoms with van der Waals surface area (Å²) in [4.78, 5) is 12.6.